The Bertz CT molecular complexity index is 1280. The summed E-state index contributed by atoms with van der Waals surface area (Å²) < 4.78 is 61.6. The number of anilines is 1. The van der Waals surface area contributed by atoms with E-state index in [9.17, 15) is 17.6 Å². The Morgan fingerprint density at radius 2 is 1.91 bits per heavy atom. The maximum atomic E-state index is 14.1. The summed E-state index contributed by atoms with van der Waals surface area (Å²) >= 11 is 0. The summed E-state index contributed by atoms with van der Waals surface area (Å²) in [6, 6.07) is 6.63. The molecular formula is C23H19F4N5O. The summed E-state index contributed by atoms with van der Waals surface area (Å²) in [7, 11) is 0. The van der Waals surface area contributed by atoms with Crippen molar-refractivity contribution in [2.45, 2.75) is 26.0 Å². The number of aliphatic imine (C=N–C) groups is 1. The summed E-state index contributed by atoms with van der Waals surface area (Å²) in [4.78, 5) is 12.5. The third kappa shape index (κ3) is 4.36. The number of nitrogens with two attached hydrogens (primary N) is 2. The Balaban J connectivity index is 2.02. The van der Waals surface area contributed by atoms with Crippen molar-refractivity contribution in [1.82, 2.24) is 9.97 Å². The van der Waals surface area contributed by atoms with Crippen molar-refractivity contribution in [2.24, 2.45) is 10.7 Å². The highest BCUT2D eigenvalue weighted by molar-refractivity contribution is 6.13. The predicted octanol–water partition coefficient (Wildman–Crippen LogP) is 4.55. The average Bonchev–Trinajstić information content (AvgIpc) is 2.77. The number of allylic oxidation sites excluding steroid dienone is 1. The van der Waals surface area contributed by atoms with Gasteiger partial charge in [0.1, 0.15) is 17.7 Å². The van der Waals surface area contributed by atoms with E-state index < -0.39 is 29.7 Å². The van der Waals surface area contributed by atoms with Crippen LogP contribution in [-0.2, 0) is 6.54 Å². The van der Waals surface area contributed by atoms with Crippen LogP contribution in [0.1, 0.15) is 29.7 Å². The molecule has 2 bridgehead atoms. The molecule has 0 radical (unpaired) electrons. The van der Waals surface area contributed by atoms with Gasteiger partial charge in [0.25, 0.3) is 6.43 Å². The van der Waals surface area contributed by atoms with Crippen LogP contribution in [0.2, 0.25) is 0 Å². The Hall–Kier alpha value is -3.95. The van der Waals surface area contributed by atoms with Crippen molar-refractivity contribution in [2.75, 3.05) is 5.73 Å². The number of nitrogens with zero attached hydrogens (tertiary/aromatic N) is 3. The molecule has 3 aromatic rings. The number of benzene rings is 1. The first kappa shape index (κ1) is 22.3. The molecule has 4 N–H and O–H groups in total. The highest BCUT2D eigenvalue weighted by atomic mass is 19.3. The van der Waals surface area contributed by atoms with E-state index in [1.807, 2.05) is 0 Å². The lowest BCUT2D eigenvalue weighted by Gasteiger charge is -2.22. The highest BCUT2D eigenvalue weighted by Crippen LogP contribution is 2.35. The normalized spacial score (nSPS) is 16.1. The van der Waals surface area contributed by atoms with Crippen LogP contribution in [0.15, 0.2) is 59.5 Å². The zero-order chi connectivity index (χ0) is 23.7. The lowest BCUT2D eigenvalue weighted by atomic mass is 9.96. The van der Waals surface area contributed by atoms with Gasteiger partial charge in [-0.1, -0.05) is 0 Å². The average molecular weight is 457 g/mol. The van der Waals surface area contributed by atoms with Crippen molar-refractivity contribution in [3.8, 4) is 17.0 Å². The second kappa shape index (κ2) is 8.89. The number of alkyl halides is 2. The van der Waals surface area contributed by atoms with Crippen molar-refractivity contribution in [3.63, 3.8) is 0 Å². The lowest BCUT2D eigenvalue weighted by molar-refractivity contribution is 0.196. The van der Waals surface area contributed by atoms with E-state index in [-0.39, 0.29) is 29.4 Å². The standard InChI is InChI=1S/C23H19F4N5O/c1-11-17-6-14(24)2-3-16(17)20-12(4-15(25)10-31-20)8-30-21(18(7-28)22(26)27)13-5-19(33-11)23(29)32-9-13/h2-7,9-11,22H,8,28H2,1H3,(H2,29,32). The van der Waals surface area contributed by atoms with Crippen LogP contribution in [0.4, 0.5) is 23.4 Å². The molecule has 0 aliphatic carbocycles. The van der Waals surface area contributed by atoms with E-state index in [4.69, 9.17) is 16.2 Å². The molecule has 1 atom stereocenters. The van der Waals surface area contributed by atoms with Crippen LogP contribution in [0, 0.1) is 11.6 Å². The van der Waals surface area contributed by atoms with Crippen molar-refractivity contribution < 1.29 is 22.3 Å². The molecule has 33 heavy (non-hydrogen) atoms. The van der Waals surface area contributed by atoms with Gasteiger partial charge in [-0.15, -0.1) is 0 Å². The van der Waals surface area contributed by atoms with E-state index in [1.54, 1.807) is 6.92 Å². The second-order valence-electron chi connectivity index (χ2n) is 7.35. The Morgan fingerprint density at radius 1 is 1.12 bits per heavy atom. The largest absolute Gasteiger partial charge is 0.482 e. The first-order valence-electron chi connectivity index (χ1n) is 9.90. The number of nitrogen functional groups attached to an aromatic ring is 1. The highest BCUT2D eigenvalue weighted by Gasteiger charge is 2.24. The molecule has 170 valence electrons. The van der Waals surface area contributed by atoms with Crippen molar-refractivity contribution >= 4 is 11.5 Å². The van der Waals surface area contributed by atoms with Crippen LogP contribution < -0.4 is 16.2 Å². The molecular weight excluding hydrogens is 438 g/mol. The fourth-order valence-electron chi connectivity index (χ4n) is 3.63. The summed E-state index contributed by atoms with van der Waals surface area (Å²) in [6.45, 7) is 1.46. The summed E-state index contributed by atoms with van der Waals surface area (Å²) in [6.07, 6.45) is -0.632. The van der Waals surface area contributed by atoms with Gasteiger partial charge in [0, 0.05) is 34.7 Å². The van der Waals surface area contributed by atoms with E-state index in [2.05, 4.69) is 15.0 Å². The molecule has 10 heteroatoms. The Morgan fingerprint density at radius 3 is 2.64 bits per heavy atom. The quantitative estimate of drug-likeness (QED) is 0.550. The second-order valence-corrected chi connectivity index (χ2v) is 7.35. The molecule has 1 unspecified atom stereocenters. The maximum absolute atomic E-state index is 14.1. The molecule has 0 saturated heterocycles. The monoisotopic (exact) mass is 457 g/mol. The summed E-state index contributed by atoms with van der Waals surface area (Å²) in [5, 5.41) is 0. The van der Waals surface area contributed by atoms with Gasteiger partial charge in [0.05, 0.1) is 29.7 Å². The third-order valence-corrected chi connectivity index (χ3v) is 5.19. The van der Waals surface area contributed by atoms with Crippen LogP contribution in [-0.4, -0.2) is 22.1 Å². The van der Waals surface area contributed by atoms with Gasteiger partial charge in [-0.2, -0.15) is 0 Å². The SMILES string of the molecule is CC1Oc2cc(cnc2N)C(C(=CN)C(F)F)=NCc2cc(F)cnc2-c2ccc(F)cc21. The Labute approximate surface area is 186 Å². The molecule has 3 heterocycles. The minimum absolute atomic E-state index is 0.0101. The lowest BCUT2D eigenvalue weighted by Crippen LogP contribution is -2.16. The van der Waals surface area contributed by atoms with E-state index in [0.29, 0.717) is 22.4 Å². The minimum Gasteiger partial charge on any atom is -0.482 e. The molecule has 6 nitrogen and oxygen atoms in total. The predicted molar refractivity (Wildman–Crippen MR) is 116 cm³/mol. The van der Waals surface area contributed by atoms with Gasteiger partial charge >= 0.3 is 0 Å². The summed E-state index contributed by atoms with van der Waals surface area (Å²) in [5.74, 6) is -1.03. The number of pyridine rings is 2. The fraction of sp³-hybridized carbons (Fsp3) is 0.174. The molecule has 1 aliphatic heterocycles. The molecule has 2 aromatic heterocycles. The number of hydrogen-bond acceptors (Lipinski definition) is 6. The first-order valence-corrected chi connectivity index (χ1v) is 9.90. The van der Waals surface area contributed by atoms with Crippen molar-refractivity contribution in [3.05, 3.63) is 82.8 Å². The first-order chi connectivity index (χ1) is 15.8. The zero-order valence-electron chi connectivity index (χ0n) is 17.4. The topological polar surface area (TPSA) is 99.4 Å². The zero-order valence-corrected chi connectivity index (χ0v) is 17.4. The number of rotatable bonds is 2. The summed E-state index contributed by atoms with van der Waals surface area (Å²) in [5.41, 5.74) is 12.4. The van der Waals surface area contributed by atoms with Gasteiger partial charge in [-0.25, -0.2) is 22.5 Å². The van der Waals surface area contributed by atoms with Crippen LogP contribution in [0.5, 0.6) is 5.75 Å². The molecule has 0 spiro atoms. The van der Waals surface area contributed by atoms with Crippen LogP contribution in [0.25, 0.3) is 11.3 Å². The van der Waals surface area contributed by atoms with Gasteiger partial charge in [-0.3, -0.25) is 9.98 Å². The van der Waals surface area contributed by atoms with Gasteiger partial charge in [0.2, 0.25) is 0 Å². The fourth-order valence-corrected chi connectivity index (χ4v) is 3.63. The number of aromatic nitrogens is 2. The number of ether oxygens (including phenoxy) is 1. The van der Waals surface area contributed by atoms with Crippen molar-refractivity contribution in [1.29, 1.82) is 0 Å². The Kier molecular flexibility index (Phi) is 5.99. The molecule has 1 aromatic carbocycles. The van der Waals surface area contributed by atoms with Crippen LogP contribution in [0.3, 0.4) is 0 Å². The molecule has 1 aliphatic rings. The molecule has 0 amide bonds. The van der Waals surface area contributed by atoms with Gasteiger partial charge in [-0.05, 0) is 37.3 Å². The number of hydrogen-bond donors (Lipinski definition) is 2. The minimum atomic E-state index is -2.93. The number of fused-ring (bicyclic) bond motifs is 5. The number of halogens is 4. The van der Waals surface area contributed by atoms with E-state index in [0.717, 1.165) is 12.4 Å². The van der Waals surface area contributed by atoms with Gasteiger partial charge in [0.15, 0.2) is 11.6 Å². The third-order valence-electron chi connectivity index (χ3n) is 5.19. The van der Waals surface area contributed by atoms with E-state index >= 15 is 0 Å². The molecule has 0 fully saturated rings. The van der Waals surface area contributed by atoms with Crippen LogP contribution >= 0.6 is 0 Å². The molecule has 4 rings (SSSR count). The van der Waals surface area contributed by atoms with E-state index in [1.165, 1.54) is 36.5 Å². The maximum Gasteiger partial charge on any atom is 0.267 e. The molecule has 0 saturated carbocycles. The van der Waals surface area contributed by atoms with Gasteiger partial charge < -0.3 is 16.2 Å². The smallest absolute Gasteiger partial charge is 0.267 e.